The SMILES string of the molecule is CC1(C)c2ccc3c(c2OC2C=Cc4[nH]c5ccccc5c4C21)c1ccccc1n3-c1ccc(-c2ccccc2)cc1. The summed E-state index contributed by atoms with van der Waals surface area (Å²) in [6, 6.07) is 41.5. The third kappa shape index (κ3) is 3.16. The minimum atomic E-state index is -0.141. The zero-order chi connectivity index (χ0) is 28.0. The van der Waals surface area contributed by atoms with Crippen LogP contribution in [-0.4, -0.2) is 15.7 Å². The Morgan fingerprint density at radius 3 is 2.24 bits per heavy atom. The van der Waals surface area contributed by atoms with Crippen molar-refractivity contribution in [2.45, 2.75) is 31.3 Å². The summed E-state index contributed by atoms with van der Waals surface area (Å²) in [5.74, 6) is 1.22. The second-order valence-corrected chi connectivity index (χ2v) is 12.2. The van der Waals surface area contributed by atoms with E-state index in [9.17, 15) is 0 Å². The average molecular weight is 543 g/mol. The first kappa shape index (κ1) is 23.7. The number of nitrogens with one attached hydrogen (secondary N) is 1. The van der Waals surface area contributed by atoms with Gasteiger partial charge in [-0.25, -0.2) is 0 Å². The normalized spacial score (nSPS) is 18.5. The van der Waals surface area contributed by atoms with Gasteiger partial charge in [0.05, 0.1) is 16.4 Å². The Morgan fingerprint density at radius 2 is 1.40 bits per heavy atom. The number of benzene rings is 5. The lowest BCUT2D eigenvalue weighted by Crippen LogP contribution is -2.43. The Morgan fingerprint density at radius 1 is 0.690 bits per heavy atom. The molecule has 9 rings (SSSR count). The molecular formula is C39H30N2O. The van der Waals surface area contributed by atoms with Crippen LogP contribution < -0.4 is 4.74 Å². The van der Waals surface area contributed by atoms with Crippen molar-refractivity contribution in [1.29, 1.82) is 0 Å². The van der Waals surface area contributed by atoms with Crippen molar-refractivity contribution >= 4 is 38.8 Å². The summed E-state index contributed by atoms with van der Waals surface area (Å²) in [5, 5.41) is 3.71. The second-order valence-electron chi connectivity index (χ2n) is 12.2. The predicted octanol–water partition coefficient (Wildman–Crippen LogP) is 9.78. The van der Waals surface area contributed by atoms with Crippen LogP contribution in [0.4, 0.5) is 0 Å². The molecular weight excluding hydrogens is 512 g/mol. The monoisotopic (exact) mass is 542 g/mol. The molecule has 0 saturated carbocycles. The highest BCUT2D eigenvalue weighted by molar-refractivity contribution is 6.13. The van der Waals surface area contributed by atoms with Gasteiger partial charge in [0.2, 0.25) is 0 Å². The second kappa shape index (κ2) is 8.50. The van der Waals surface area contributed by atoms with Crippen LogP contribution in [0.2, 0.25) is 0 Å². The summed E-state index contributed by atoms with van der Waals surface area (Å²) >= 11 is 0. The van der Waals surface area contributed by atoms with E-state index in [1.165, 1.54) is 60.7 Å². The molecule has 0 fully saturated rings. The molecule has 7 aromatic rings. The predicted molar refractivity (Wildman–Crippen MR) is 174 cm³/mol. The van der Waals surface area contributed by atoms with Crippen molar-refractivity contribution in [3.8, 4) is 22.6 Å². The lowest BCUT2D eigenvalue weighted by atomic mass is 9.64. The van der Waals surface area contributed by atoms with Gasteiger partial charge >= 0.3 is 0 Å². The van der Waals surface area contributed by atoms with E-state index in [0.717, 1.165) is 11.4 Å². The van der Waals surface area contributed by atoms with Crippen LogP contribution in [0.5, 0.6) is 5.75 Å². The van der Waals surface area contributed by atoms with Crippen LogP contribution in [0.15, 0.2) is 121 Å². The molecule has 0 saturated heterocycles. The molecule has 0 amide bonds. The van der Waals surface area contributed by atoms with Crippen molar-refractivity contribution in [3.05, 3.63) is 138 Å². The number of aromatic amines is 1. The third-order valence-corrected chi connectivity index (χ3v) is 9.62. The lowest BCUT2D eigenvalue weighted by molar-refractivity contribution is 0.143. The molecule has 5 aromatic carbocycles. The molecule has 202 valence electrons. The van der Waals surface area contributed by atoms with Crippen LogP contribution in [0.25, 0.3) is 55.6 Å². The summed E-state index contributed by atoms with van der Waals surface area (Å²) in [6.07, 6.45) is 4.43. The first-order valence-electron chi connectivity index (χ1n) is 14.8. The van der Waals surface area contributed by atoms with Crippen LogP contribution >= 0.6 is 0 Å². The van der Waals surface area contributed by atoms with E-state index in [2.05, 4.69) is 151 Å². The Bertz CT molecular complexity index is 2200. The molecule has 42 heavy (non-hydrogen) atoms. The number of nitrogens with zero attached hydrogens (tertiary/aromatic N) is 1. The number of para-hydroxylation sites is 2. The number of rotatable bonds is 2. The van der Waals surface area contributed by atoms with E-state index >= 15 is 0 Å². The van der Waals surface area contributed by atoms with Gasteiger partial charge < -0.3 is 14.3 Å². The van der Waals surface area contributed by atoms with Gasteiger partial charge in [-0.2, -0.15) is 0 Å². The summed E-state index contributed by atoms with van der Waals surface area (Å²) in [5.41, 5.74) is 10.8. The van der Waals surface area contributed by atoms with Gasteiger partial charge in [-0.3, -0.25) is 0 Å². The van der Waals surface area contributed by atoms with Crippen LogP contribution in [-0.2, 0) is 5.41 Å². The molecule has 3 heteroatoms. The number of aromatic nitrogens is 2. The van der Waals surface area contributed by atoms with Gasteiger partial charge in [-0.1, -0.05) is 98.8 Å². The number of hydrogen-bond donors (Lipinski definition) is 1. The van der Waals surface area contributed by atoms with Crippen LogP contribution in [0.1, 0.15) is 36.6 Å². The van der Waals surface area contributed by atoms with Gasteiger partial charge in [0, 0.05) is 44.6 Å². The van der Waals surface area contributed by atoms with E-state index in [-0.39, 0.29) is 17.4 Å². The van der Waals surface area contributed by atoms with Gasteiger partial charge in [-0.15, -0.1) is 0 Å². The topological polar surface area (TPSA) is 29.9 Å². The number of hydrogen-bond acceptors (Lipinski definition) is 1. The molecule has 2 unspecified atom stereocenters. The van der Waals surface area contributed by atoms with Crippen LogP contribution in [0.3, 0.4) is 0 Å². The Balaban J connectivity index is 1.25. The molecule has 3 heterocycles. The third-order valence-electron chi connectivity index (χ3n) is 9.62. The van der Waals surface area contributed by atoms with E-state index in [4.69, 9.17) is 4.74 Å². The Hall–Kier alpha value is -5.02. The fourth-order valence-corrected chi connectivity index (χ4v) is 7.67. The number of H-pyrrole nitrogens is 1. The molecule has 3 nitrogen and oxygen atoms in total. The smallest absolute Gasteiger partial charge is 0.134 e. The largest absolute Gasteiger partial charge is 0.485 e. The fourth-order valence-electron chi connectivity index (χ4n) is 7.67. The van der Waals surface area contributed by atoms with Crippen molar-refractivity contribution < 1.29 is 4.74 Å². The van der Waals surface area contributed by atoms with Gasteiger partial charge in [0.1, 0.15) is 11.9 Å². The highest BCUT2D eigenvalue weighted by Crippen LogP contribution is 2.56. The first-order valence-corrected chi connectivity index (χ1v) is 14.8. The molecule has 1 N–H and O–H groups in total. The zero-order valence-corrected chi connectivity index (χ0v) is 23.6. The van der Waals surface area contributed by atoms with E-state index in [1.807, 2.05) is 0 Å². The van der Waals surface area contributed by atoms with Gasteiger partial charge in [0.25, 0.3) is 0 Å². The van der Waals surface area contributed by atoms with E-state index in [0.29, 0.717) is 0 Å². The van der Waals surface area contributed by atoms with Crippen molar-refractivity contribution in [2.24, 2.45) is 0 Å². The summed E-state index contributed by atoms with van der Waals surface area (Å²) < 4.78 is 9.47. The number of fused-ring (bicyclic) bond motifs is 10. The Labute approximate surface area is 244 Å². The van der Waals surface area contributed by atoms with E-state index < -0.39 is 0 Å². The maximum atomic E-state index is 7.08. The lowest BCUT2D eigenvalue weighted by Gasteiger charge is -2.46. The molecule has 2 atom stereocenters. The standard InChI is InChI=1S/C39H30N2O/c1-39(2)29-20-22-33-36(38(29)42-34-23-21-31-35(37(34)39)27-12-6-8-14-30(27)40-31)28-13-7-9-15-32(28)41(33)26-18-16-25(17-19-26)24-10-4-3-5-11-24/h3-23,34,37,40H,1-2H3. The van der Waals surface area contributed by atoms with Gasteiger partial charge in [0.15, 0.2) is 0 Å². The summed E-state index contributed by atoms with van der Waals surface area (Å²) in [7, 11) is 0. The molecule has 1 aliphatic heterocycles. The molecule has 0 radical (unpaired) electrons. The summed E-state index contributed by atoms with van der Waals surface area (Å²) in [6.45, 7) is 4.79. The van der Waals surface area contributed by atoms with Crippen molar-refractivity contribution in [3.63, 3.8) is 0 Å². The highest BCUT2D eigenvalue weighted by Gasteiger charge is 2.48. The average Bonchev–Trinajstić information content (AvgIpc) is 3.57. The Kier molecular flexibility index (Phi) is 4.79. The van der Waals surface area contributed by atoms with E-state index in [1.54, 1.807) is 0 Å². The van der Waals surface area contributed by atoms with Gasteiger partial charge in [-0.05, 0) is 59.2 Å². The zero-order valence-electron chi connectivity index (χ0n) is 23.6. The fraction of sp³-hybridized carbons (Fsp3) is 0.128. The minimum absolute atomic E-state index is 0.0444. The molecule has 0 bridgehead atoms. The number of ether oxygens (including phenoxy) is 1. The summed E-state index contributed by atoms with van der Waals surface area (Å²) in [4.78, 5) is 3.65. The van der Waals surface area contributed by atoms with Crippen LogP contribution in [0, 0.1) is 0 Å². The molecule has 2 aromatic heterocycles. The van der Waals surface area contributed by atoms with Crippen molar-refractivity contribution in [1.82, 2.24) is 9.55 Å². The van der Waals surface area contributed by atoms with Crippen molar-refractivity contribution in [2.75, 3.05) is 0 Å². The molecule has 0 spiro atoms. The highest BCUT2D eigenvalue weighted by atomic mass is 16.5. The maximum absolute atomic E-state index is 7.08. The first-order chi connectivity index (χ1) is 20.6. The molecule has 2 aliphatic rings. The minimum Gasteiger partial charge on any atom is -0.485 e. The molecule has 1 aliphatic carbocycles. The maximum Gasteiger partial charge on any atom is 0.134 e. The quantitative estimate of drug-likeness (QED) is 0.231.